The summed E-state index contributed by atoms with van der Waals surface area (Å²) in [5.74, 6) is 0.740. The molecule has 0 radical (unpaired) electrons. The minimum Gasteiger partial charge on any atom is -0.324 e. The summed E-state index contributed by atoms with van der Waals surface area (Å²) in [6, 6.07) is 6.60. The molecule has 19 heavy (non-hydrogen) atoms. The summed E-state index contributed by atoms with van der Waals surface area (Å²) in [5, 5.41) is 0. The van der Waals surface area contributed by atoms with Crippen molar-refractivity contribution in [2.75, 3.05) is 6.54 Å². The fraction of sp³-hybridized carbons (Fsp3) is 0.571. The van der Waals surface area contributed by atoms with Gasteiger partial charge in [0.2, 0.25) is 10.0 Å². The predicted octanol–water partition coefficient (Wildman–Crippen LogP) is 2.28. The third-order valence-corrected chi connectivity index (χ3v) is 4.85. The molecule has 0 saturated heterocycles. The molecule has 0 bridgehead atoms. The third kappa shape index (κ3) is 4.60. The van der Waals surface area contributed by atoms with Crippen molar-refractivity contribution in [3.05, 3.63) is 29.8 Å². The molecule has 108 valence electrons. The molecule has 2 unspecified atom stereocenters. The zero-order chi connectivity index (χ0) is 14.6. The SMILES string of the molecule is CC(N)c1cccc(S(=O)(=O)NCC(C)C(C)C)c1. The molecule has 3 N–H and O–H groups in total. The Morgan fingerprint density at radius 1 is 1.21 bits per heavy atom. The lowest BCUT2D eigenvalue weighted by molar-refractivity contribution is 0.414. The minimum absolute atomic E-state index is 0.176. The molecule has 5 heteroatoms. The first-order valence-electron chi connectivity index (χ1n) is 6.59. The highest BCUT2D eigenvalue weighted by Crippen LogP contribution is 2.16. The van der Waals surface area contributed by atoms with Crippen molar-refractivity contribution < 1.29 is 8.42 Å². The lowest BCUT2D eigenvalue weighted by Gasteiger charge is -2.16. The van der Waals surface area contributed by atoms with Gasteiger partial charge in [0.25, 0.3) is 0 Å². The van der Waals surface area contributed by atoms with Crippen LogP contribution in [0.5, 0.6) is 0 Å². The molecule has 0 amide bonds. The van der Waals surface area contributed by atoms with E-state index < -0.39 is 10.0 Å². The number of sulfonamides is 1. The van der Waals surface area contributed by atoms with Crippen molar-refractivity contribution in [1.29, 1.82) is 0 Å². The molecule has 4 nitrogen and oxygen atoms in total. The molecular formula is C14H24N2O2S. The number of rotatable bonds is 6. The van der Waals surface area contributed by atoms with Crippen molar-refractivity contribution in [1.82, 2.24) is 4.72 Å². The van der Waals surface area contributed by atoms with Crippen LogP contribution in [0.25, 0.3) is 0 Å². The highest BCUT2D eigenvalue weighted by molar-refractivity contribution is 7.89. The van der Waals surface area contributed by atoms with E-state index in [2.05, 4.69) is 18.6 Å². The average Bonchev–Trinajstić information content (AvgIpc) is 2.36. The molecular weight excluding hydrogens is 260 g/mol. The second-order valence-electron chi connectivity index (χ2n) is 5.43. The van der Waals surface area contributed by atoms with E-state index in [4.69, 9.17) is 5.73 Å². The number of hydrogen-bond donors (Lipinski definition) is 2. The topological polar surface area (TPSA) is 72.2 Å². The maximum absolute atomic E-state index is 12.2. The third-order valence-electron chi connectivity index (χ3n) is 3.43. The largest absolute Gasteiger partial charge is 0.324 e. The van der Waals surface area contributed by atoms with Crippen LogP contribution in [-0.2, 0) is 10.0 Å². The van der Waals surface area contributed by atoms with Crippen LogP contribution < -0.4 is 10.5 Å². The summed E-state index contributed by atoms with van der Waals surface area (Å²) in [5.41, 5.74) is 6.59. The van der Waals surface area contributed by atoms with E-state index in [0.717, 1.165) is 5.56 Å². The molecule has 1 aromatic carbocycles. The Balaban J connectivity index is 2.86. The van der Waals surface area contributed by atoms with Gasteiger partial charge in [-0.15, -0.1) is 0 Å². The normalized spacial score (nSPS) is 15.5. The van der Waals surface area contributed by atoms with Crippen LogP contribution in [0.3, 0.4) is 0 Å². The quantitative estimate of drug-likeness (QED) is 0.841. The zero-order valence-corrected chi connectivity index (χ0v) is 12.9. The zero-order valence-electron chi connectivity index (χ0n) is 12.1. The lowest BCUT2D eigenvalue weighted by Crippen LogP contribution is -2.30. The molecule has 0 fully saturated rings. The molecule has 0 aromatic heterocycles. The van der Waals surface area contributed by atoms with Gasteiger partial charge in [-0.2, -0.15) is 0 Å². The Bertz CT molecular complexity index is 510. The van der Waals surface area contributed by atoms with Crippen LogP contribution in [0.4, 0.5) is 0 Å². The monoisotopic (exact) mass is 284 g/mol. The van der Waals surface area contributed by atoms with Crippen molar-refractivity contribution in [3.63, 3.8) is 0 Å². The number of hydrogen-bond acceptors (Lipinski definition) is 3. The van der Waals surface area contributed by atoms with Crippen LogP contribution >= 0.6 is 0 Å². The molecule has 0 aliphatic rings. The van der Waals surface area contributed by atoms with E-state index >= 15 is 0 Å². The highest BCUT2D eigenvalue weighted by atomic mass is 32.2. The Kier molecular flexibility index (Phi) is 5.52. The number of benzene rings is 1. The van der Waals surface area contributed by atoms with Crippen LogP contribution in [0.2, 0.25) is 0 Å². The van der Waals surface area contributed by atoms with E-state index in [1.54, 1.807) is 18.2 Å². The van der Waals surface area contributed by atoms with E-state index in [1.807, 2.05) is 19.9 Å². The molecule has 0 aliphatic heterocycles. The fourth-order valence-corrected chi connectivity index (χ4v) is 2.72. The minimum atomic E-state index is -3.45. The van der Waals surface area contributed by atoms with E-state index in [9.17, 15) is 8.42 Å². The van der Waals surface area contributed by atoms with Gasteiger partial charge in [-0.1, -0.05) is 32.9 Å². The Morgan fingerprint density at radius 2 is 1.84 bits per heavy atom. The molecule has 0 saturated carbocycles. The van der Waals surface area contributed by atoms with Gasteiger partial charge in [0.1, 0.15) is 0 Å². The van der Waals surface area contributed by atoms with Crippen molar-refractivity contribution in [3.8, 4) is 0 Å². The lowest BCUT2D eigenvalue weighted by atomic mass is 9.99. The smallest absolute Gasteiger partial charge is 0.240 e. The van der Waals surface area contributed by atoms with Crippen LogP contribution in [-0.4, -0.2) is 15.0 Å². The van der Waals surface area contributed by atoms with E-state index in [0.29, 0.717) is 18.4 Å². The van der Waals surface area contributed by atoms with Gasteiger partial charge in [-0.05, 0) is 36.5 Å². The van der Waals surface area contributed by atoms with Crippen molar-refractivity contribution in [2.24, 2.45) is 17.6 Å². The maximum atomic E-state index is 12.2. The number of nitrogens with two attached hydrogens (primary N) is 1. The first-order chi connectivity index (χ1) is 8.74. The molecule has 1 rings (SSSR count). The fourth-order valence-electron chi connectivity index (χ4n) is 1.53. The molecule has 1 aromatic rings. The van der Waals surface area contributed by atoms with Gasteiger partial charge in [0.15, 0.2) is 0 Å². The van der Waals surface area contributed by atoms with E-state index in [1.165, 1.54) is 0 Å². The van der Waals surface area contributed by atoms with Gasteiger partial charge >= 0.3 is 0 Å². The first-order valence-corrected chi connectivity index (χ1v) is 8.07. The molecule has 2 atom stereocenters. The average molecular weight is 284 g/mol. The maximum Gasteiger partial charge on any atom is 0.240 e. The second kappa shape index (κ2) is 6.50. The molecule has 0 spiro atoms. The van der Waals surface area contributed by atoms with Crippen molar-refractivity contribution in [2.45, 2.75) is 38.6 Å². The molecule has 0 heterocycles. The Labute approximate surface area is 116 Å². The summed E-state index contributed by atoms with van der Waals surface area (Å²) >= 11 is 0. The summed E-state index contributed by atoms with van der Waals surface area (Å²) < 4.78 is 27.0. The van der Waals surface area contributed by atoms with Crippen LogP contribution in [0, 0.1) is 11.8 Å². The highest BCUT2D eigenvalue weighted by Gasteiger charge is 2.17. The summed E-state index contributed by atoms with van der Waals surface area (Å²) in [7, 11) is -3.45. The van der Waals surface area contributed by atoms with Gasteiger partial charge in [0.05, 0.1) is 4.90 Å². The Hall–Kier alpha value is -0.910. The summed E-state index contributed by atoms with van der Waals surface area (Å²) in [6.07, 6.45) is 0. The standard InChI is InChI=1S/C14H24N2O2S/c1-10(2)11(3)9-16-19(17,18)14-7-5-6-13(8-14)12(4)15/h5-8,10-12,16H,9,15H2,1-4H3. The summed E-state index contributed by atoms with van der Waals surface area (Å²) in [4.78, 5) is 0.276. The Morgan fingerprint density at radius 3 is 2.37 bits per heavy atom. The van der Waals surface area contributed by atoms with E-state index in [-0.39, 0.29) is 10.9 Å². The summed E-state index contributed by atoms with van der Waals surface area (Å²) in [6.45, 7) is 8.47. The van der Waals surface area contributed by atoms with Gasteiger partial charge in [-0.3, -0.25) is 0 Å². The molecule has 0 aliphatic carbocycles. The second-order valence-corrected chi connectivity index (χ2v) is 7.20. The van der Waals surface area contributed by atoms with Crippen molar-refractivity contribution >= 4 is 10.0 Å². The number of nitrogens with one attached hydrogen (secondary N) is 1. The van der Waals surface area contributed by atoms with Crippen LogP contribution in [0.1, 0.15) is 39.3 Å². The first kappa shape index (κ1) is 16.1. The van der Waals surface area contributed by atoms with Crippen LogP contribution in [0.15, 0.2) is 29.2 Å². The predicted molar refractivity (Wildman–Crippen MR) is 78.2 cm³/mol. The van der Waals surface area contributed by atoms with Gasteiger partial charge < -0.3 is 5.73 Å². The van der Waals surface area contributed by atoms with Gasteiger partial charge in [0, 0.05) is 12.6 Å². The van der Waals surface area contributed by atoms with Gasteiger partial charge in [-0.25, -0.2) is 13.1 Å².